The minimum atomic E-state index is -3.74. The molecule has 0 aliphatic carbocycles. The first-order chi connectivity index (χ1) is 14.2. The van der Waals surface area contributed by atoms with E-state index in [0.717, 1.165) is 0 Å². The van der Waals surface area contributed by atoms with Crippen LogP contribution in [0.1, 0.15) is 69.2 Å². The van der Waals surface area contributed by atoms with Crippen LogP contribution in [0, 0.1) is 5.41 Å². The minimum absolute atomic E-state index is 0.0872. The van der Waals surface area contributed by atoms with Crippen LogP contribution in [-0.4, -0.2) is 80.4 Å². The molecule has 0 amide bonds. The summed E-state index contributed by atoms with van der Waals surface area (Å²) in [6.45, 7) is 18.1. The number of nitrogens with one attached hydrogen (secondary N) is 1. The Morgan fingerprint density at radius 2 is 1.25 bits per heavy atom. The predicted octanol–water partition coefficient (Wildman–Crippen LogP) is 2.82. The van der Waals surface area contributed by atoms with E-state index in [2.05, 4.69) is 4.72 Å². The fourth-order valence-electron chi connectivity index (χ4n) is 4.36. The summed E-state index contributed by atoms with van der Waals surface area (Å²) in [6, 6.07) is -1.30. The molecule has 0 fully saturated rings. The quantitative estimate of drug-likeness (QED) is 0.352. The van der Waals surface area contributed by atoms with Gasteiger partial charge in [0.05, 0.1) is 11.5 Å². The lowest BCUT2D eigenvalue weighted by Crippen LogP contribution is -2.69. The molecule has 2 unspecified atom stereocenters. The predicted molar refractivity (Wildman–Crippen MR) is 132 cm³/mol. The second kappa shape index (κ2) is 10.7. The van der Waals surface area contributed by atoms with Gasteiger partial charge in [-0.1, -0.05) is 27.7 Å². The molecule has 0 radical (unpaired) electrons. The molecular formula is C20H46N2O7S2Si. The zero-order valence-electron chi connectivity index (χ0n) is 22.2. The van der Waals surface area contributed by atoms with Gasteiger partial charge in [-0.05, 0) is 47.0 Å². The van der Waals surface area contributed by atoms with Crippen LogP contribution < -0.4 is 4.72 Å². The topological polar surface area (TPSA) is 111 Å². The Morgan fingerprint density at radius 1 is 0.844 bits per heavy atom. The summed E-state index contributed by atoms with van der Waals surface area (Å²) < 4.78 is 72.7. The van der Waals surface area contributed by atoms with E-state index in [0.29, 0.717) is 0 Å². The second-order valence-electron chi connectivity index (χ2n) is 9.72. The van der Waals surface area contributed by atoms with Crippen molar-refractivity contribution in [3.63, 3.8) is 0 Å². The van der Waals surface area contributed by atoms with E-state index in [1.165, 1.54) is 25.6 Å². The van der Waals surface area contributed by atoms with Crippen molar-refractivity contribution in [2.45, 2.75) is 91.9 Å². The number of nitrogens with zero attached hydrogens (tertiary/aromatic N) is 1. The van der Waals surface area contributed by atoms with Crippen LogP contribution >= 0.6 is 0 Å². The lowest BCUT2D eigenvalue weighted by atomic mass is 9.66. The summed E-state index contributed by atoms with van der Waals surface area (Å²) in [4.78, 5) is 0. The molecule has 0 aromatic heterocycles. The van der Waals surface area contributed by atoms with Crippen LogP contribution in [0.5, 0.6) is 0 Å². The molecule has 32 heavy (non-hydrogen) atoms. The van der Waals surface area contributed by atoms with E-state index in [1.54, 1.807) is 27.7 Å². The second-order valence-corrected chi connectivity index (χ2v) is 17.5. The monoisotopic (exact) mass is 518 g/mol. The summed E-state index contributed by atoms with van der Waals surface area (Å²) in [5.74, 6) is -0.206. The lowest BCUT2D eigenvalue weighted by molar-refractivity contribution is -0.0207. The largest absolute Gasteiger partial charge is 0.506 e. The standard InChI is InChI=1S/C20H46N2O7S2Si/c1-14-30(23,24)21-16(3)17(4)22(31(25,26)15-2)19(7,8)18(5,6)20(9,10)32(27-11,28-12)29-13/h16-17,21H,14-15H2,1-13H3. The van der Waals surface area contributed by atoms with Gasteiger partial charge in [0, 0.05) is 44.0 Å². The SMILES string of the molecule is CCS(=O)(=O)NC(C)C(C)N(C(C)(C)C(C)(C)C(C)(C)[Si](OC)(OC)OC)S(=O)(=O)CC. The maximum atomic E-state index is 13.4. The van der Waals surface area contributed by atoms with Crippen molar-refractivity contribution in [2.75, 3.05) is 32.8 Å². The summed E-state index contributed by atoms with van der Waals surface area (Å²) in [5.41, 5.74) is -1.72. The molecule has 0 aliphatic heterocycles. The first kappa shape index (κ1) is 31.9. The molecule has 0 rings (SSSR count). The van der Waals surface area contributed by atoms with Crippen molar-refractivity contribution in [1.82, 2.24) is 9.03 Å². The molecule has 0 aromatic rings. The van der Waals surface area contributed by atoms with Crippen LogP contribution in [0.15, 0.2) is 0 Å². The molecule has 2 atom stereocenters. The van der Waals surface area contributed by atoms with Crippen molar-refractivity contribution in [3.8, 4) is 0 Å². The average Bonchev–Trinajstić information content (AvgIpc) is 2.68. The molecule has 12 heteroatoms. The zero-order chi connectivity index (χ0) is 26.0. The van der Waals surface area contributed by atoms with Crippen LogP contribution in [0.2, 0.25) is 5.04 Å². The molecule has 9 nitrogen and oxygen atoms in total. The average molecular weight is 519 g/mol. The Hall–Kier alpha value is -0.0831. The van der Waals surface area contributed by atoms with Crippen molar-refractivity contribution < 1.29 is 30.1 Å². The van der Waals surface area contributed by atoms with Gasteiger partial charge in [0.25, 0.3) is 0 Å². The highest BCUT2D eigenvalue weighted by molar-refractivity contribution is 7.89. The van der Waals surface area contributed by atoms with Gasteiger partial charge in [0.15, 0.2) is 0 Å². The van der Waals surface area contributed by atoms with Crippen LogP contribution in [0.25, 0.3) is 0 Å². The molecular weight excluding hydrogens is 472 g/mol. The van der Waals surface area contributed by atoms with Gasteiger partial charge < -0.3 is 13.3 Å². The normalized spacial score (nSPS) is 16.9. The molecule has 1 N–H and O–H groups in total. The third-order valence-corrected chi connectivity index (χ3v) is 15.1. The van der Waals surface area contributed by atoms with E-state index in [1.807, 2.05) is 41.5 Å². The van der Waals surface area contributed by atoms with Crippen molar-refractivity contribution in [3.05, 3.63) is 0 Å². The van der Waals surface area contributed by atoms with Gasteiger partial charge in [-0.3, -0.25) is 0 Å². The molecule has 0 aromatic carbocycles. The Bertz CT molecular complexity index is 815. The summed E-state index contributed by atoms with van der Waals surface area (Å²) in [6.07, 6.45) is 0. The van der Waals surface area contributed by atoms with E-state index in [9.17, 15) is 16.8 Å². The highest BCUT2D eigenvalue weighted by Gasteiger charge is 2.66. The minimum Gasteiger partial charge on any atom is -0.377 e. The van der Waals surface area contributed by atoms with E-state index in [4.69, 9.17) is 13.3 Å². The third-order valence-electron chi connectivity index (χ3n) is 7.72. The molecule has 0 bridgehead atoms. The molecule has 194 valence electrons. The Morgan fingerprint density at radius 3 is 1.56 bits per heavy atom. The fourth-order valence-corrected chi connectivity index (χ4v) is 10.3. The summed E-state index contributed by atoms with van der Waals surface area (Å²) >= 11 is 0. The highest BCUT2D eigenvalue weighted by Crippen LogP contribution is 2.59. The summed E-state index contributed by atoms with van der Waals surface area (Å²) in [7, 11) is -5.90. The Balaban J connectivity index is 6.82. The van der Waals surface area contributed by atoms with Gasteiger partial charge in [-0.15, -0.1) is 0 Å². The number of hydrogen-bond donors (Lipinski definition) is 1. The number of sulfonamides is 2. The molecule has 0 spiro atoms. The van der Waals surface area contributed by atoms with E-state index < -0.39 is 56.9 Å². The first-order valence-electron chi connectivity index (χ1n) is 10.9. The van der Waals surface area contributed by atoms with Crippen molar-refractivity contribution >= 4 is 28.9 Å². The molecule has 0 aliphatic rings. The molecule has 0 heterocycles. The number of hydrogen-bond acceptors (Lipinski definition) is 7. The highest BCUT2D eigenvalue weighted by atomic mass is 32.2. The zero-order valence-corrected chi connectivity index (χ0v) is 24.8. The Labute approximate surface area is 198 Å². The van der Waals surface area contributed by atoms with Crippen molar-refractivity contribution in [2.24, 2.45) is 5.41 Å². The summed E-state index contributed by atoms with van der Waals surface area (Å²) in [5, 5.41) is -0.727. The van der Waals surface area contributed by atoms with Gasteiger partial charge in [0.2, 0.25) is 20.0 Å². The lowest BCUT2D eigenvalue weighted by Gasteiger charge is -2.59. The van der Waals surface area contributed by atoms with Crippen LogP contribution in [-0.2, 0) is 33.3 Å². The number of rotatable bonds is 14. The van der Waals surface area contributed by atoms with E-state index in [-0.39, 0.29) is 11.5 Å². The molecule has 0 saturated carbocycles. The molecule has 0 saturated heterocycles. The van der Waals surface area contributed by atoms with Crippen LogP contribution in [0.4, 0.5) is 0 Å². The van der Waals surface area contributed by atoms with E-state index >= 15 is 0 Å². The van der Waals surface area contributed by atoms with Gasteiger partial charge in [-0.2, -0.15) is 4.31 Å². The Kier molecular flexibility index (Phi) is 10.6. The van der Waals surface area contributed by atoms with Gasteiger partial charge in [0.1, 0.15) is 0 Å². The smallest absolute Gasteiger partial charge is 0.377 e. The first-order valence-corrected chi connectivity index (χ1v) is 15.9. The van der Waals surface area contributed by atoms with Gasteiger partial charge >= 0.3 is 8.80 Å². The van der Waals surface area contributed by atoms with Crippen LogP contribution in [0.3, 0.4) is 0 Å². The van der Waals surface area contributed by atoms with Crippen molar-refractivity contribution in [1.29, 1.82) is 0 Å². The fraction of sp³-hybridized carbons (Fsp3) is 1.00. The maximum Gasteiger partial charge on any atom is 0.506 e. The van der Waals surface area contributed by atoms with Gasteiger partial charge in [-0.25, -0.2) is 21.6 Å². The maximum absolute atomic E-state index is 13.4. The third kappa shape index (κ3) is 5.59.